The third-order valence-electron chi connectivity index (χ3n) is 1.47. The van der Waals surface area contributed by atoms with Crippen LogP contribution in [0.5, 0.6) is 0 Å². The van der Waals surface area contributed by atoms with Gasteiger partial charge in [0.25, 0.3) is 0 Å². The Kier molecular flexibility index (Phi) is 3.21. The first kappa shape index (κ1) is 9.94. The van der Waals surface area contributed by atoms with E-state index in [1.165, 1.54) is 0 Å². The molecule has 1 aromatic heterocycles. The maximum absolute atomic E-state index is 11.4. The molecule has 0 unspecified atom stereocenters. The molecule has 1 aromatic rings. The van der Waals surface area contributed by atoms with Crippen LogP contribution in [0.3, 0.4) is 0 Å². The van der Waals surface area contributed by atoms with Crippen molar-refractivity contribution in [2.45, 2.75) is 13.8 Å². The third kappa shape index (κ3) is 1.96. The second-order valence-electron chi connectivity index (χ2n) is 2.34. The monoisotopic (exact) mass is 201 g/mol. The van der Waals surface area contributed by atoms with Crippen molar-refractivity contribution in [3.63, 3.8) is 0 Å². The summed E-state index contributed by atoms with van der Waals surface area (Å²) in [5.74, 6) is 4.82. The van der Waals surface area contributed by atoms with E-state index in [-0.39, 0.29) is 5.97 Å². The van der Waals surface area contributed by atoms with Gasteiger partial charge in [0.2, 0.25) is 0 Å². The van der Waals surface area contributed by atoms with E-state index in [0.717, 1.165) is 11.5 Å². The molecule has 1 rings (SSSR count). The Bertz CT molecular complexity index is 311. The van der Waals surface area contributed by atoms with Crippen molar-refractivity contribution >= 4 is 22.5 Å². The number of nitrogen functional groups attached to an aromatic ring is 1. The number of nitrogens with zero attached hydrogens (tertiary/aromatic N) is 1. The molecule has 0 aromatic carbocycles. The zero-order valence-corrected chi connectivity index (χ0v) is 8.27. The molecule has 0 aliphatic heterocycles. The van der Waals surface area contributed by atoms with E-state index in [1.54, 1.807) is 13.8 Å². The molecule has 1 heterocycles. The van der Waals surface area contributed by atoms with Crippen molar-refractivity contribution < 1.29 is 9.53 Å². The molecule has 0 radical (unpaired) electrons. The summed E-state index contributed by atoms with van der Waals surface area (Å²) in [6.07, 6.45) is 0. The summed E-state index contributed by atoms with van der Waals surface area (Å²) in [4.78, 5) is 11.4. The number of esters is 1. The summed E-state index contributed by atoms with van der Waals surface area (Å²) in [6.45, 7) is 3.84. The van der Waals surface area contributed by atoms with Crippen molar-refractivity contribution in [2.24, 2.45) is 5.84 Å². The Morgan fingerprint density at radius 2 is 2.46 bits per heavy atom. The van der Waals surface area contributed by atoms with E-state index >= 15 is 0 Å². The van der Waals surface area contributed by atoms with Crippen molar-refractivity contribution in [3.8, 4) is 0 Å². The second kappa shape index (κ2) is 4.20. The van der Waals surface area contributed by atoms with Crippen molar-refractivity contribution in [1.82, 2.24) is 4.37 Å². The molecule has 72 valence electrons. The van der Waals surface area contributed by atoms with Gasteiger partial charge in [-0.15, -0.1) is 0 Å². The average Bonchev–Trinajstić information content (AvgIpc) is 2.47. The van der Waals surface area contributed by atoms with Crippen LogP contribution in [0.15, 0.2) is 0 Å². The molecule has 0 saturated heterocycles. The van der Waals surface area contributed by atoms with Gasteiger partial charge in [0.1, 0.15) is 10.6 Å². The quantitative estimate of drug-likeness (QED) is 0.432. The first-order valence-electron chi connectivity index (χ1n) is 3.80. The summed E-state index contributed by atoms with van der Waals surface area (Å²) in [5, 5.41) is 0.538. The third-order valence-corrected chi connectivity index (χ3v) is 2.34. The predicted octanol–water partition coefficient (Wildman–Crippen LogP) is 0.914. The van der Waals surface area contributed by atoms with Crippen LogP contribution >= 0.6 is 11.5 Å². The molecule has 0 fully saturated rings. The van der Waals surface area contributed by atoms with Crippen molar-refractivity contribution in [3.05, 3.63) is 11.3 Å². The Morgan fingerprint density at radius 1 is 1.77 bits per heavy atom. The van der Waals surface area contributed by atoms with Gasteiger partial charge in [0.15, 0.2) is 0 Å². The minimum atomic E-state index is -0.387. The second-order valence-corrected chi connectivity index (χ2v) is 3.11. The van der Waals surface area contributed by atoms with Crippen LogP contribution in [0.2, 0.25) is 0 Å². The predicted molar refractivity (Wildman–Crippen MR) is 50.6 cm³/mol. The summed E-state index contributed by atoms with van der Waals surface area (Å²) >= 11 is 1.14. The topological polar surface area (TPSA) is 77.2 Å². The zero-order valence-electron chi connectivity index (χ0n) is 7.46. The van der Waals surface area contributed by atoms with Gasteiger partial charge in [-0.25, -0.2) is 10.6 Å². The first-order chi connectivity index (χ1) is 6.20. The lowest BCUT2D eigenvalue weighted by Crippen LogP contribution is -2.12. The molecule has 0 bridgehead atoms. The fourth-order valence-corrected chi connectivity index (χ4v) is 1.61. The molecule has 0 aliphatic carbocycles. The largest absolute Gasteiger partial charge is 0.462 e. The fraction of sp³-hybridized carbons (Fsp3) is 0.429. The number of nitrogens with two attached hydrogens (primary N) is 1. The van der Waals surface area contributed by atoms with Gasteiger partial charge in [0, 0.05) is 0 Å². The maximum atomic E-state index is 11.4. The van der Waals surface area contributed by atoms with Gasteiger partial charge in [-0.2, -0.15) is 4.37 Å². The highest BCUT2D eigenvalue weighted by atomic mass is 32.1. The van der Waals surface area contributed by atoms with Gasteiger partial charge >= 0.3 is 5.97 Å². The Morgan fingerprint density at radius 3 is 3.00 bits per heavy atom. The summed E-state index contributed by atoms with van der Waals surface area (Å²) < 4.78 is 8.83. The molecular weight excluding hydrogens is 190 g/mol. The number of hydrazine groups is 1. The van der Waals surface area contributed by atoms with Gasteiger partial charge in [0.05, 0.1) is 12.3 Å². The van der Waals surface area contributed by atoms with Gasteiger partial charge in [-0.3, -0.25) is 0 Å². The number of nitrogens with one attached hydrogen (secondary N) is 1. The minimum Gasteiger partial charge on any atom is -0.462 e. The fourth-order valence-electron chi connectivity index (χ4n) is 0.912. The molecule has 0 saturated carbocycles. The summed E-state index contributed by atoms with van der Waals surface area (Å²) in [5.41, 5.74) is 3.47. The van der Waals surface area contributed by atoms with Crippen LogP contribution in [0.4, 0.5) is 5.00 Å². The highest BCUT2D eigenvalue weighted by Crippen LogP contribution is 2.23. The highest BCUT2D eigenvalue weighted by Gasteiger charge is 2.18. The molecule has 13 heavy (non-hydrogen) atoms. The average molecular weight is 201 g/mol. The number of aromatic nitrogens is 1. The lowest BCUT2D eigenvalue weighted by molar-refractivity contribution is 0.0527. The van der Waals surface area contributed by atoms with E-state index in [9.17, 15) is 4.79 Å². The number of carbonyl (C=O) groups excluding carboxylic acids is 1. The van der Waals surface area contributed by atoms with Crippen LogP contribution in [0, 0.1) is 6.92 Å². The van der Waals surface area contributed by atoms with Gasteiger partial charge in [-0.1, -0.05) is 0 Å². The van der Waals surface area contributed by atoms with Crippen molar-refractivity contribution in [2.75, 3.05) is 12.0 Å². The number of hydrogen-bond acceptors (Lipinski definition) is 6. The summed E-state index contributed by atoms with van der Waals surface area (Å²) in [6, 6.07) is 0. The molecule has 0 amide bonds. The molecule has 0 atom stereocenters. The number of anilines is 1. The Balaban J connectivity index is 2.96. The normalized spacial score (nSPS) is 9.77. The first-order valence-corrected chi connectivity index (χ1v) is 4.58. The number of aryl methyl sites for hydroxylation is 1. The Hall–Kier alpha value is -1.14. The zero-order chi connectivity index (χ0) is 9.84. The highest BCUT2D eigenvalue weighted by molar-refractivity contribution is 7.10. The van der Waals surface area contributed by atoms with Crippen LogP contribution in [-0.4, -0.2) is 16.9 Å². The lowest BCUT2D eigenvalue weighted by Gasteiger charge is -2.02. The number of rotatable bonds is 3. The van der Waals surface area contributed by atoms with Gasteiger partial charge < -0.3 is 10.2 Å². The molecule has 0 aliphatic rings. The van der Waals surface area contributed by atoms with E-state index in [4.69, 9.17) is 10.6 Å². The van der Waals surface area contributed by atoms with Crippen LogP contribution in [0.25, 0.3) is 0 Å². The number of ether oxygens (including phenoxy) is 1. The molecule has 5 nitrogen and oxygen atoms in total. The minimum absolute atomic E-state index is 0.345. The van der Waals surface area contributed by atoms with Crippen molar-refractivity contribution in [1.29, 1.82) is 0 Å². The van der Waals surface area contributed by atoms with E-state index < -0.39 is 0 Å². The maximum Gasteiger partial charge on any atom is 0.343 e. The smallest absolute Gasteiger partial charge is 0.343 e. The van der Waals surface area contributed by atoms with E-state index in [2.05, 4.69) is 9.80 Å². The number of hydrogen-bond donors (Lipinski definition) is 2. The van der Waals surface area contributed by atoms with Crippen LogP contribution < -0.4 is 11.3 Å². The molecular formula is C7H11N3O2S. The Labute approximate surface area is 80.0 Å². The lowest BCUT2D eigenvalue weighted by atomic mass is 10.2. The van der Waals surface area contributed by atoms with Crippen LogP contribution in [0.1, 0.15) is 23.0 Å². The molecule has 3 N–H and O–H groups in total. The molecule has 6 heteroatoms. The van der Waals surface area contributed by atoms with E-state index in [1.807, 2.05) is 0 Å². The van der Waals surface area contributed by atoms with E-state index in [0.29, 0.717) is 22.9 Å². The molecule has 0 spiro atoms. The van der Waals surface area contributed by atoms with Crippen LogP contribution in [-0.2, 0) is 4.74 Å². The standard InChI is InChI=1S/C7H11N3O2S/c1-3-12-7(11)5-4(2)10-13-6(5)9-8/h9H,3,8H2,1-2H3. The summed E-state index contributed by atoms with van der Waals surface area (Å²) in [7, 11) is 0. The number of carbonyl (C=O) groups is 1. The SMILES string of the molecule is CCOC(=O)c1c(C)nsc1NN. The van der Waals surface area contributed by atoms with Gasteiger partial charge in [-0.05, 0) is 25.4 Å².